The van der Waals surface area contributed by atoms with Crippen LogP contribution in [0.5, 0.6) is 0 Å². The number of para-hydroxylation sites is 1. The number of rotatable bonds is 4. The van der Waals surface area contributed by atoms with E-state index in [1.807, 2.05) is 0 Å². The van der Waals surface area contributed by atoms with Crippen LogP contribution in [0.4, 0.5) is 17.1 Å². The summed E-state index contributed by atoms with van der Waals surface area (Å²) in [5.41, 5.74) is 17.8. The molecule has 0 unspecified atom stereocenters. The number of hydrogen-bond donors (Lipinski definition) is 0. The number of aromatic nitrogens is 1. The molecule has 6 aromatic carbocycles. The molecule has 0 atom stereocenters. The minimum atomic E-state index is -0.0891. The van der Waals surface area contributed by atoms with E-state index in [1.54, 1.807) is 0 Å². The second kappa shape index (κ2) is 12.5. The maximum atomic E-state index is 2.59. The lowest BCUT2D eigenvalue weighted by Crippen LogP contribution is -2.64. The molecule has 0 amide bonds. The molecular weight excluding hydrogens is 651 g/mol. The molecule has 2 nitrogen and oxygen atoms in total. The quantitative estimate of drug-likeness (QED) is 0.166. The molecule has 3 heterocycles. The average Bonchev–Trinajstić information content (AvgIpc) is 3.56. The van der Waals surface area contributed by atoms with Crippen LogP contribution in [0.3, 0.4) is 0 Å². The van der Waals surface area contributed by atoms with Crippen LogP contribution in [-0.4, -0.2) is 11.3 Å². The molecule has 266 valence electrons. The molecule has 0 spiro atoms. The maximum absolute atomic E-state index is 2.59. The monoisotopic (exact) mass is 700 g/mol. The molecule has 0 bridgehead atoms. The Balaban J connectivity index is 1.15. The first kappa shape index (κ1) is 32.4. The third-order valence-electron chi connectivity index (χ3n) is 14.0. The first-order valence-electron chi connectivity index (χ1n) is 20.9. The van der Waals surface area contributed by atoms with Crippen LogP contribution in [0.1, 0.15) is 112 Å². The first-order chi connectivity index (χ1) is 26.6. The van der Waals surface area contributed by atoms with Crippen molar-refractivity contribution in [2.75, 3.05) is 4.90 Å². The molecule has 3 heteroatoms. The second-order valence-electron chi connectivity index (χ2n) is 17.4. The van der Waals surface area contributed by atoms with Gasteiger partial charge in [-0.25, -0.2) is 0 Å². The standard InChI is InChI=1S/C51H49BN2/c1-51(2)42-21-12-13-23-44(42)52-45-28-27-39(33-49(45)53(38-19-10-5-11-20-38)48-24-14-22-43(51)50(48)52)54-46-29-25-36(34-15-6-3-7-16-34)31-40(46)41-32-37(26-30-47(41)54)35-17-8-4-9-18-35/h5,10-14,19-35H,3-4,6-9,15-18H2,1-2H3. The van der Waals surface area contributed by atoms with Crippen molar-refractivity contribution in [2.45, 2.75) is 95.3 Å². The SMILES string of the molecule is CC1(C)c2ccccc2B2c3ccc(-n4c5ccc(C6CCCCC6)cc5c5cc(C6CCCCC6)ccc54)cc3N(c3ccccc3)c3cccc1c32. The number of fused-ring (bicyclic) bond motifs is 7. The van der Waals surface area contributed by atoms with Gasteiger partial charge in [0.2, 0.25) is 6.71 Å². The minimum Gasteiger partial charge on any atom is -0.311 e. The molecule has 2 fully saturated rings. The van der Waals surface area contributed by atoms with E-state index in [-0.39, 0.29) is 12.1 Å². The van der Waals surface area contributed by atoms with Gasteiger partial charge >= 0.3 is 0 Å². The van der Waals surface area contributed by atoms with Crippen LogP contribution in [-0.2, 0) is 5.41 Å². The van der Waals surface area contributed by atoms with E-state index in [4.69, 9.17) is 0 Å². The van der Waals surface area contributed by atoms with Crippen molar-refractivity contribution in [3.63, 3.8) is 0 Å². The highest BCUT2D eigenvalue weighted by molar-refractivity contribution is 6.99. The van der Waals surface area contributed by atoms with E-state index in [9.17, 15) is 0 Å². The summed E-state index contributed by atoms with van der Waals surface area (Å²) in [5, 5.41) is 2.84. The van der Waals surface area contributed by atoms with E-state index in [2.05, 4.69) is 151 Å². The fraction of sp³-hybridized carbons (Fsp3) is 0.294. The highest BCUT2D eigenvalue weighted by Crippen LogP contribution is 2.45. The Hall–Kier alpha value is -5.02. The summed E-state index contributed by atoms with van der Waals surface area (Å²) < 4.78 is 2.58. The molecule has 11 rings (SSSR count). The predicted molar refractivity (Wildman–Crippen MR) is 230 cm³/mol. The molecule has 4 aliphatic rings. The summed E-state index contributed by atoms with van der Waals surface area (Å²) >= 11 is 0. The van der Waals surface area contributed by atoms with Crippen molar-refractivity contribution in [3.8, 4) is 5.69 Å². The van der Waals surface area contributed by atoms with Crippen LogP contribution < -0.4 is 21.3 Å². The molecule has 2 saturated carbocycles. The zero-order valence-corrected chi connectivity index (χ0v) is 31.8. The Morgan fingerprint density at radius 2 is 1.11 bits per heavy atom. The van der Waals surface area contributed by atoms with Gasteiger partial charge < -0.3 is 9.47 Å². The van der Waals surface area contributed by atoms with Gasteiger partial charge in [-0.1, -0.05) is 131 Å². The van der Waals surface area contributed by atoms with E-state index in [0.29, 0.717) is 11.8 Å². The van der Waals surface area contributed by atoms with E-state index >= 15 is 0 Å². The largest absolute Gasteiger partial charge is 0.311 e. The number of nitrogens with zero attached hydrogens (tertiary/aromatic N) is 2. The summed E-state index contributed by atoms with van der Waals surface area (Å²) in [7, 11) is 0. The van der Waals surface area contributed by atoms with Crippen molar-refractivity contribution in [1.29, 1.82) is 0 Å². The van der Waals surface area contributed by atoms with Crippen LogP contribution in [0.25, 0.3) is 27.5 Å². The first-order valence-corrected chi connectivity index (χ1v) is 20.9. The van der Waals surface area contributed by atoms with Crippen molar-refractivity contribution >= 4 is 62.0 Å². The Morgan fingerprint density at radius 1 is 0.500 bits per heavy atom. The molecule has 54 heavy (non-hydrogen) atoms. The average molecular weight is 701 g/mol. The van der Waals surface area contributed by atoms with Gasteiger partial charge in [0, 0.05) is 38.9 Å². The molecule has 1 aromatic heterocycles. The minimum absolute atomic E-state index is 0.0891. The highest BCUT2D eigenvalue weighted by atomic mass is 15.2. The third kappa shape index (κ3) is 4.86. The zero-order chi connectivity index (χ0) is 36.0. The van der Waals surface area contributed by atoms with E-state index < -0.39 is 0 Å². The summed E-state index contributed by atoms with van der Waals surface area (Å²) in [6.45, 7) is 4.99. The Labute approximate surface area is 320 Å². The Kier molecular flexibility index (Phi) is 7.52. The lowest BCUT2D eigenvalue weighted by Gasteiger charge is -2.45. The molecule has 0 saturated heterocycles. The Morgan fingerprint density at radius 3 is 1.78 bits per heavy atom. The lowest BCUT2D eigenvalue weighted by molar-refractivity contribution is 0.444. The van der Waals surface area contributed by atoms with Crippen LogP contribution >= 0.6 is 0 Å². The van der Waals surface area contributed by atoms with Gasteiger partial charge in [0.15, 0.2) is 0 Å². The zero-order valence-electron chi connectivity index (χ0n) is 31.8. The summed E-state index contributed by atoms with van der Waals surface area (Å²) in [4.78, 5) is 2.55. The lowest BCUT2D eigenvalue weighted by atomic mass is 9.30. The highest BCUT2D eigenvalue weighted by Gasteiger charge is 2.45. The summed E-state index contributed by atoms with van der Waals surface area (Å²) in [5.74, 6) is 1.36. The van der Waals surface area contributed by atoms with Crippen molar-refractivity contribution in [2.24, 2.45) is 0 Å². The van der Waals surface area contributed by atoms with Gasteiger partial charge in [0.1, 0.15) is 0 Å². The van der Waals surface area contributed by atoms with Crippen LogP contribution in [0, 0.1) is 0 Å². The van der Waals surface area contributed by atoms with E-state index in [0.717, 1.165) is 0 Å². The summed E-state index contributed by atoms with van der Waals surface area (Å²) in [6, 6.07) is 49.7. The molecule has 0 radical (unpaired) electrons. The normalized spacial score (nSPS) is 18.1. The number of benzene rings is 6. The van der Waals surface area contributed by atoms with Crippen LogP contribution in [0.15, 0.2) is 127 Å². The fourth-order valence-corrected chi connectivity index (χ4v) is 11.3. The third-order valence-corrected chi connectivity index (χ3v) is 14.0. The molecule has 0 N–H and O–H groups in total. The Bertz CT molecular complexity index is 2490. The fourth-order valence-electron chi connectivity index (χ4n) is 11.3. The van der Waals surface area contributed by atoms with Gasteiger partial charge in [0.25, 0.3) is 0 Å². The van der Waals surface area contributed by atoms with Gasteiger partial charge in [-0.3, -0.25) is 0 Å². The van der Waals surface area contributed by atoms with Crippen molar-refractivity contribution in [3.05, 3.63) is 150 Å². The smallest absolute Gasteiger partial charge is 0.247 e. The van der Waals surface area contributed by atoms with Gasteiger partial charge in [-0.15, -0.1) is 0 Å². The molecule has 7 aromatic rings. The van der Waals surface area contributed by atoms with E-state index in [1.165, 1.54) is 147 Å². The number of hydrogen-bond acceptors (Lipinski definition) is 1. The van der Waals surface area contributed by atoms with Crippen LogP contribution in [0.2, 0.25) is 0 Å². The predicted octanol–water partition coefficient (Wildman–Crippen LogP) is 11.8. The second-order valence-corrected chi connectivity index (χ2v) is 17.4. The maximum Gasteiger partial charge on any atom is 0.247 e. The molecular formula is C51H49BN2. The topological polar surface area (TPSA) is 8.17 Å². The van der Waals surface area contributed by atoms with Gasteiger partial charge in [-0.2, -0.15) is 0 Å². The van der Waals surface area contributed by atoms with Crippen molar-refractivity contribution in [1.82, 2.24) is 4.57 Å². The molecule has 2 aliphatic heterocycles. The van der Waals surface area contributed by atoms with Gasteiger partial charge in [-0.05, 0) is 125 Å². The summed E-state index contributed by atoms with van der Waals surface area (Å²) in [6.07, 6.45) is 13.5. The van der Waals surface area contributed by atoms with Gasteiger partial charge in [0.05, 0.1) is 11.0 Å². The number of anilines is 3. The van der Waals surface area contributed by atoms with Crippen molar-refractivity contribution < 1.29 is 0 Å². The molecule has 2 aliphatic carbocycles.